The Kier molecular flexibility index (Phi) is 4.46. The highest BCUT2D eigenvalue weighted by Gasteiger charge is 2.34. The van der Waals surface area contributed by atoms with Crippen LogP contribution < -0.4 is 9.47 Å². The molecule has 1 amide bonds. The van der Waals surface area contributed by atoms with E-state index in [1.165, 1.54) is 0 Å². The second kappa shape index (κ2) is 6.69. The van der Waals surface area contributed by atoms with Crippen molar-refractivity contribution >= 4 is 5.91 Å². The molecule has 2 aromatic rings. The second-order valence-electron chi connectivity index (χ2n) is 5.45. The number of benzene rings is 1. The topological polar surface area (TPSA) is 51.7 Å². The van der Waals surface area contributed by atoms with Gasteiger partial charge in [0, 0.05) is 12.7 Å². The van der Waals surface area contributed by atoms with E-state index in [2.05, 4.69) is 4.98 Å². The number of hydrogen-bond acceptors (Lipinski definition) is 4. The molecule has 120 valence electrons. The third kappa shape index (κ3) is 2.86. The fourth-order valence-electron chi connectivity index (χ4n) is 3.10. The predicted octanol–water partition coefficient (Wildman–Crippen LogP) is 3.08. The number of methoxy groups -OCH3 is 2. The molecule has 1 saturated heterocycles. The van der Waals surface area contributed by atoms with E-state index in [1.54, 1.807) is 32.5 Å². The average Bonchev–Trinajstić information content (AvgIpc) is 3.10. The molecule has 1 fully saturated rings. The molecule has 3 rings (SSSR count). The van der Waals surface area contributed by atoms with Crippen LogP contribution in [0.2, 0.25) is 0 Å². The maximum Gasteiger partial charge on any atom is 0.261 e. The molecule has 1 aromatic heterocycles. The number of amides is 1. The fraction of sp³-hybridized carbons (Fsp3) is 0.333. The van der Waals surface area contributed by atoms with Crippen molar-refractivity contribution in [2.24, 2.45) is 0 Å². The predicted molar refractivity (Wildman–Crippen MR) is 86.8 cm³/mol. The van der Waals surface area contributed by atoms with Gasteiger partial charge in [0.25, 0.3) is 5.91 Å². The highest BCUT2D eigenvalue weighted by atomic mass is 16.5. The number of nitrogens with zero attached hydrogens (tertiary/aromatic N) is 2. The molecule has 5 heteroatoms. The molecular formula is C18H20N2O3. The first kappa shape index (κ1) is 15.3. The number of aromatic nitrogens is 1. The van der Waals surface area contributed by atoms with Crippen LogP contribution in [-0.2, 0) is 0 Å². The Balaban J connectivity index is 1.97. The number of hydrogen-bond donors (Lipinski definition) is 0. The number of likely N-dealkylation sites (tertiary alicyclic amines) is 1. The highest BCUT2D eigenvalue weighted by molar-refractivity contribution is 6.00. The van der Waals surface area contributed by atoms with E-state index in [1.807, 2.05) is 29.2 Å². The molecule has 1 aromatic carbocycles. The monoisotopic (exact) mass is 312 g/mol. The van der Waals surface area contributed by atoms with Crippen LogP contribution in [0.15, 0.2) is 42.6 Å². The van der Waals surface area contributed by atoms with Crippen LogP contribution in [0.3, 0.4) is 0 Å². The van der Waals surface area contributed by atoms with Crippen molar-refractivity contribution in [1.82, 2.24) is 9.88 Å². The Morgan fingerprint density at radius 3 is 2.48 bits per heavy atom. The van der Waals surface area contributed by atoms with Gasteiger partial charge in [0.05, 0.1) is 26.0 Å². The van der Waals surface area contributed by atoms with Gasteiger partial charge in [0.1, 0.15) is 17.1 Å². The van der Waals surface area contributed by atoms with Crippen molar-refractivity contribution in [2.45, 2.75) is 18.9 Å². The summed E-state index contributed by atoms with van der Waals surface area (Å²) in [6, 6.07) is 11.2. The zero-order chi connectivity index (χ0) is 16.2. The molecule has 0 spiro atoms. The maximum absolute atomic E-state index is 13.1. The molecule has 1 aliphatic rings. The quantitative estimate of drug-likeness (QED) is 0.870. The van der Waals surface area contributed by atoms with Gasteiger partial charge in [0.15, 0.2) is 0 Å². The van der Waals surface area contributed by atoms with Crippen LogP contribution in [0.25, 0.3) is 0 Å². The van der Waals surface area contributed by atoms with Crippen LogP contribution in [-0.4, -0.2) is 36.6 Å². The molecule has 0 aliphatic carbocycles. The van der Waals surface area contributed by atoms with Crippen molar-refractivity contribution < 1.29 is 14.3 Å². The summed E-state index contributed by atoms with van der Waals surface area (Å²) in [5, 5.41) is 0. The van der Waals surface area contributed by atoms with Gasteiger partial charge in [0.2, 0.25) is 0 Å². The Bertz CT molecular complexity index is 666. The first-order chi connectivity index (χ1) is 11.3. The van der Waals surface area contributed by atoms with Crippen LogP contribution in [0.4, 0.5) is 0 Å². The Morgan fingerprint density at radius 1 is 1.13 bits per heavy atom. The van der Waals surface area contributed by atoms with Gasteiger partial charge in [-0.1, -0.05) is 12.1 Å². The third-order valence-electron chi connectivity index (χ3n) is 4.18. The minimum Gasteiger partial charge on any atom is -0.496 e. The third-order valence-corrected chi connectivity index (χ3v) is 4.18. The van der Waals surface area contributed by atoms with E-state index in [9.17, 15) is 4.79 Å². The van der Waals surface area contributed by atoms with Gasteiger partial charge in [-0.15, -0.1) is 0 Å². The van der Waals surface area contributed by atoms with Crippen LogP contribution in [0.5, 0.6) is 11.5 Å². The molecule has 23 heavy (non-hydrogen) atoms. The molecule has 1 unspecified atom stereocenters. The van der Waals surface area contributed by atoms with E-state index in [0.29, 0.717) is 23.6 Å². The first-order valence-corrected chi connectivity index (χ1v) is 7.69. The summed E-state index contributed by atoms with van der Waals surface area (Å²) in [7, 11) is 3.12. The van der Waals surface area contributed by atoms with Crippen molar-refractivity contribution in [3.63, 3.8) is 0 Å². The van der Waals surface area contributed by atoms with Gasteiger partial charge in [-0.05, 0) is 37.1 Å². The summed E-state index contributed by atoms with van der Waals surface area (Å²) in [4.78, 5) is 19.4. The fourth-order valence-corrected chi connectivity index (χ4v) is 3.10. The molecule has 5 nitrogen and oxygen atoms in total. The standard InChI is InChI=1S/C18H20N2O3/c1-22-15-9-5-10-16(23-2)17(15)18(21)20-12-6-8-14(20)13-7-3-4-11-19-13/h3-5,7,9-11,14H,6,8,12H2,1-2H3. The van der Waals surface area contributed by atoms with Crippen LogP contribution >= 0.6 is 0 Å². The van der Waals surface area contributed by atoms with Crippen molar-refractivity contribution in [3.05, 3.63) is 53.9 Å². The summed E-state index contributed by atoms with van der Waals surface area (Å²) < 4.78 is 10.7. The number of rotatable bonds is 4. The lowest BCUT2D eigenvalue weighted by molar-refractivity contribution is 0.0726. The minimum atomic E-state index is -0.0764. The summed E-state index contributed by atoms with van der Waals surface area (Å²) in [6.07, 6.45) is 3.64. The van der Waals surface area contributed by atoms with E-state index in [-0.39, 0.29) is 11.9 Å². The number of carbonyl (C=O) groups is 1. The maximum atomic E-state index is 13.1. The largest absolute Gasteiger partial charge is 0.496 e. The van der Waals surface area contributed by atoms with Gasteiger partial charge in [-0.25, -0.2) is 0 Å². The molecule has 0 saturated carbocycles. The second-order valence-corrected chi connectivity index (χ2v) is 5.45. The van der Waals surface area contributed by atoms with E-state index in [0.717, 1.165) is 18.5 Å². The average molecular weight is 312 g/mol. The Hall–Kier alpha value is -2.56. The molecule has 1 aliphatic heterocycles. The zero-order valence-electron chi connectivity index (χ0n) is 13.4. The van der Waals surface area contributed by atoms with Crippen molar-refractivity contribution in [1.29, 1.82) is 0 Å². The zero-order valence-corrected chi connectivity index (χ0v) is 13.4. The van der Waals surface area contributed by atoms with Crippen LogP contribution in [0, 0.1) is 0 Å². The van der Waals surface area contributed by atoms with Gasteiger partial charge in [-0.3, -0.25) is 9.78 Å². The van der Waals surface area contributed by atoms with E-state index >= 15 is 0 Å². The van der Waals surface area contributed by atoms with Crippen LogP contribution in [0.1, 0.15) is 34.9 Å². The molecule has 2 heterocycles. The smallest absolute Gasteiger partial charge is 0.261 e. The lowest BCUT2D eigenvalue weighted by Gasteiger charge is -2.25. The summed E-state index contributed by atoms with van der Waals surface area (Å²) in [5.74, 6) is 0.981. The summed E-state index contributed by atoms with van der Waals surface area (Å²) >= 11 is 0. The molecule has 1 atom stereocenters. The first-order valence-electron chi connectivity index (χ1n) is 7.69. The lowest BCUT2D eigenvalue weighted by atomic mass is 10.1. The van der Waals surface area contributed by atoms with Gasteiger partial charge in [-0.2, -0.15) is 0 Å². The van der Waals surface area contributed by atoms with Crippen molar-refractivity contribution in [3.8, 4) is 11.5 Å². The molecule has 0 N–H and O–H groups in total. The van der Waals surface area contributed by atoms with E-state index in [4.69, 9.17) is 9.47 Å². The minimum absolute atomic E-state index is 0.00156. The number of pyridine rings is 1. The van der Waals surface area contributed by atoms with E-state index < -0.39 is 0 Å². The SMILES string of the molecule is COc1cccc(OC)c1C(=O)N1CCCC1c1ccccn1. The molecular weight excluding hydrogens is 292 g/mol. The lowest BCUT2D eigenvalue weighted by Crippen LogP contribution is -2.31. The normalized spacial score (nSPS) is 17.1. The Morgan fingerprint density at radius 2 is 1.87 bits per heavy atom. The number of carbonyl (C=O) groups excluding carboxylic acids is 1. The summed E-state index contributed by atoms with van der Waals surface area (Å²) in [5.41, 5.74) is 1.40. The van der Waals surface area contributed by atoms with Gasteiger partial charge < -0.3 is 14.4 Å². The molecule has 0 radical (unpaired) electrons. The van der Waals surface area contributed by atoms with Gasteiger partial charge >= 0.3 is 0 Å². The Labute approximate surface area is 135 Å². The van der Waals surface area contributed by atoms with Crippen molar-refractivity contribution in [2.75, 3.05) is 20.8 Å². The summed E-state index contributed by atoms with van der Waals surface area (Å²) in [6.45, 7) is 0.710. The molecule has 0 bridgehead atoms. The number of ether oxygens (including phenoxy) is 2. The highest BCUT2D eigenvalue weighted by Crippen LogP contribution is 2.36.